The Kier molecular flexibility index (Phi) is 3.73. The molecule has 0 aromatic heterocycles. The van der Waals surface area contributed by atoms with Crippen LogP contribution in [0.4, 0.5) is 14.5 Å². The largest absolute Gasteiger partial charge is 0.433 e. The Morgan fingerprint density at radius 1 is 1.50 bits per heavy atom. The van der Waals surface area contributed by atoms with E-state index in [0.29, 0.717) is 0 Å². The minimum absolute atomic E-state index is 0.216. The third-order valence-electron chi connectivity index (χ3n) is 1.61. The van der Waals surface area contributed by atoms with Crippen LogP contribution in [0.15, 0.2) is 12.1 Å². The van der Waals surface area contributed by atoms with Crippen LogP contribution in [0.2, 0.25) is 5.02 Å². The van der Waals surface area contributed by atoms with Crippen molar-refractivity contribution in [2.45, 2.75) is 6.61 Å². The summed E-state index contributed by atoms with van der Waals surface area (Å²) in [6.45, 7) is -3.18. The van der Waals surface area contributed by atoms with Gasteiger partial charge in [0.1, 0.15) is 0 Å². The zero-order valence-electron chi connectivity index (χ0n) is 7.52. The Hall–Kier alpha value is -1.76. The highest BCUT2D eigenvalue weighted by atomic mass is 35.5. The maximum Gasteiger partial charge on any atom is 0.387 e. The monoisotopic (exact) mass is 251 g/mol. The highest BCUT2D eigenvalue weighted by molar-refractivity contribution is 6.34. The molecule has 0 saturated heterocycles. The Bertz CT molecular complexity index is 438. The smallest absolute Gasteiger partial charge is 0.387 e. The van der Waals surface area contributed by atoms with Crippen molar-refractivity contribution in [3.63, 3.8) is 0 Å². The first-order valence-electron chi connectivity index (χ1n) is 3.83. The van der Waals surface area contributed by atoms with Crippen molar-refractivity contribution >= 4 is 23.6 Å². The summed E-state index contributed by atoms with van der Waals surface area (Å²) in [4.78, 5) is 20.1. The summed E-state index contributed by atoms with van der Waals surface area (Å²) in [6, 6.07) is 1.59. The summed E-state index contributed by atoms with van der Waals surface area (Å²) in [7, 11) is 0. The second-order valence-corrected chi connectivity index (χ2v) is 2.98. The molecule has 0 fully saturated rings. The van der Waals surface area contributed by atoms with Crippen LogP contribution in [-0.2, 0) is 0 Å². The van der Waals surface area contributed by atoms with Crippen LogP contribution in [0.1, 0.15) is 10.4 Å². The summed E-state index contributed by atoms with van der Waals surface area (Å²) in [5.41, 5.74) is -0.839. The number of ether oxygens (including phenoxy) is 1. The van der Waals surface area contributed by atoms with E-state index in [1.807, 2.05) is 0 Å². The third kappa shape index (κ3) is 2.63. The van der Waals surface area contributed by atoms with Gasteiger partial charge in [0.05, 0.1) is 16.0 Å². The van der Waals surface area contributed by atoms with E-state index in [1.165, 1.54) is 0 Å². The Morgan fingerprint density at radius 2 is 2.12 bits per heavy atom. The topological polar surface area (TPSA) is 69.4 Å². The van der Waals surface area contributed by atoms with Crippen molar-refractivity contribution in [3.8, 4) is 5.75 Å². The van der Waals surface area contributed by atoms with Gasteiger partial charge < -0.3 is 4.74 Å². The number of carbonyl (C=O) groups is 1. The van der Waals surface area contributed by atoms with Crippen LogP contribution < -0.4 is 4.74 Å². The maximum atomic E-state index is 11.9. The number of non-ortho nitro benzene ring substituents is 1. The van der Waals surface area contributed by atoms with E-state index in [-0.39, 0.29) is 16.9 Å². The van der Waals surface area contributed by atoms with Gasteiger partial charge in [-0.05, 0) is 0 Å². The van der Waals surface area contributed by atoms with Gasteiger partial charge in [-0.15, -0.1) is 0 Å². The summed E-state index contributed by atoms with van der Waals surface area (Å²) in [6.07, 6.45) is 0.216. The summed E-state index contributed by atoms with van der Waals surface area (Å²) in [5.74, 6) is -0.604. The molecule has 0 N–H and O–H groups in total. The molecular formula is C8H4ClF2NO4. The molecule has 1 aromatic rings. The highest BCUT2D eigenvalue weighted by Gasteiger charge is 2.18. The number of halogens is 3. The van der Waals surface area contributed by atoms with E-state index in [2.05, 4.69) is 4.74 Å². The minimum atomic E-state index is -3.18. The van der Waals surface area contributed by atoms with Crippen molar-refractivity contribution < 1.29 is 23.2 Å². The van der Waals surface area contributed by atoms with Gasteiger partial charge in [-0.1, -0.05) is 11.6 Å². The first-order valence-corrected chi connectivity index (χ1v) is 4.21. The number of nitrogens with zero attached hydrogens (tertiary/aromatic N) is 1. The van der Waals surface area contributed by atoms with Crippen molar-refractivity contribution in [2.75, 3.05) is 0 Å². The van der Waals surface area contributed by atoms with Gasteiger partial charge in [0.2, 0.25) is 0 Å². The first-order chi connectivity index (χ1) is 7.45. The fraction of sp³-hybridized carbons (Fsp3) is 0.125. The van der Waals surface area contributed by atoms with Crippen LogP contribution in [0.25, 0.3) is 0 Å². The molecule has 0 spiro atoms. The van der Waals surface area contributed by atoms with Crippen molar-refractivity contribution in [3.05, 3.63) is 32.8 Å². The number of benzene rings is 1. The molecule has 0 radical (unpaired) electrons. The van der Waals surface area contributed by atoms with Crippen LogP contribution in [0.5, 0.6) is 5.75 Å². The van der Waals surface area contributed by atoms with Crippen LogP contribution in [0.3, 0.4) is 0 Å². The molecule has 0 amide bonds. The average Bonchev–Trinajstić information content (AvgIpc) is 2.20. The molecule has 1 rings (SSSR count). The number of aldehydes is 1. The number of nitro groups is 1. The minimum Gasteiger partial charge on any atom is -0.433 e. The molecule has 8 heteroatoms. The van der Waals surface area contributed by atoms with E-state index in [4.69, 9.17) is 11.6 Å². The van der Waals surface area contributed by atoms with Gasteiger partial charge in [-0.25, -0.2) is 0 Å². The van der Waals surface area contributed by atoms with Crippen LogP contribution in [0, 0.1) is 10.1 Å². The normalized spacial score (nSPS) is 10.2. The molecule has 0 aliphatic carbocycles. The standard InChI is InChI=1S/C8H4ClF2NO4/c9-7-4(3-13)1-5(12(14)15)2-6(7)16-8(10)11/h1-3,8H. The van der Waals surface area contributed by atoms with Gasteiger partial charge in [0.15, 0.2) is 12.0 Å². The molecule has 0 aliphatic rings. The summed E-state index contributed by atoms with van der Waals surface area (Å²) < 4.78 is 27.8. The number of rotatable bonds is 4. The molecule has 0 unspecified atom stereocenters. The Balaban J connectivity index is 3.29. The first kappa shape index (κ1) is 12.3. The molecule has 0 bridgehead atoms. The lowest BCUT2D eigenvalue weighted by Gasteiger charge is -2.07. The number of hydrogen-bond acceptors (Lipinski definition) is 4. The fourth-order valence-electron chi connectivity index (χ4n) is 0.977. The predicted molar refractivity (Wildman–Crippen MR) is 50.1 cm³/mol. The zero-order chi connectivity index (χ0) is 12.3. The number of hydrogen-bond donors (Lipinski definition) is 0. The fourth-order valence-corrected chi connectivity index (χ4v) is 1.18. The lowest BCUT2D eigenvalue weighted by Crippen LogP contribution is -2.04. The third-order valence-corrected chi connectivity index (χ3v) is 2.01. The van der Waals surface area contributed by atoms with Gasteiger partial charge >= 0.3 is 6.61 Å². The Labute approximate surface area is 92.7 Å². The molecule has 0 atom stereocenters. The van der Waals surface area contributed by atoms with Crippen LogP contribution >= 0.6 is 11.6 Å². The highest BCUT2D eigenvalue weighted by Crippen LogP contribution is 2.33. The number of carbonyl (C=O) groups excluding carboxylic acids is 1. The summed E-state index contributed by atoms with van der Waals surface area (Å²) in [5, 5.41) is 10.0. The van der Waals surface area contributed by atoms with Crippen molar-refractivity contribution in [1.82, 2.24) is 0 Å². The maximum absolute atomic E-state index is 11.9. The van der Waals surface area contributed by atoms with E-state index in [0.717, 1.165) is 12.1 Å². The van der Waals surface area contributed by atoms with E-state index >= 15 is 0 Å². The van der Waals surface area contributed by atoms with E-state index in [9.17, 15) is 23.7 Å². The van der Waals surface area contributed by atoms with Crippen LogP contribution in [-0.4, -0.2) is 17.8 Å². The zero-order valence-corrected chi connectivity index (χ0v) is 8.28. The predicted octanol–water partition coefficient (Wildman–Crippen LogP) is 2.66. The average molecular weight is 252 g/mol. The molecule has 0 aliphatic heterocycles. The van der Waals surface area contributed by atoms with Gasteiger partial charge in [0.25, 0.3) is 5.69 Å². The second kappa shape index (κ2) is 4.84. The Morgan fingerprint density at radius 3 is 2.56 bits per heavy atom. The lowest BCUT2D eigenvalue weighted by molar-refractivity contribution is -0.385. The van der Waals surface area contributed by atoms with Crippen molar-refractivity contribution in [2.24, 2.45) is 0 Å². The van der Waals surface area contributed by atoms with Crippen molar-refractivity contribution in [1.29, 1.82) is 0 Å². The molecule has 0 heterocycles. The van der Waals surface area contributed by atoms with Gasteiger partial charge in [-0.2, -0.15) is 8.78 Å². The number of nitro benzene ring substituents is 1. The molecule has 16 heavy (non-hydrogen) atoms. The van der Waals surface area contributed by atoms with E-state index < -0.39 is 23.0 Å². The molecule has 1 aromatic carbocycles. The summed E-state index contributed by atoms with van der Waals surface area (Å²) >= 11 is 5.52. The van der Waals surface area contributed by atoms with Gasteiger partial charge in [-0.3, -0.25) is 14.9 Å². The number of alkyl halides is 2. The lowest BCUT2D eigenvalue weighted by atomic mass is 10.2. The molecule has 86 valence electrons. The van der Waals surface area contributed by atoms with Gasteiger partial charge in [0, 0.05) is 11.6 Å². The second-order valence-electron chi connectivity index (χ2n) is 2.60. The van der Waals surface area contributed by atoms with E-state index in [1.54, 1.807) is 0 Å². The quantitative estimate of drug-likeness (QED) is 0.469. The molecule has 0 saturated carbocycles. The molecule has 5 nitrogen and oxygen atoms in total. The molecular weight excluding hydrogens is 248 g/mol. The SMILES string of the molecule is O=Cc1cc([N+](=O)[O-])cc(OC(F)F)c1Cl.